The minimum Gasteiger partial charge on any atom is -0.374 e. The first-order valence-corrected chi connectivity index (χ1v) is 15.2. The van der Waals surface area contributed by atoms with Crippen LogP contribution in [0.1, 0.15) is 50.5 Å². The number of dihydropyridines is 1. The summed E-state index contributed by atoms with van der Waals surface area (Å²) in [5, 5.41) is 3.80. The predicted octanol–water partition coefficient (Wildman–Crippen LogP) is 7.96. The van der Waals surface area contributed by atoms with Gasteiger partial charge in [-0.15, -0.1) is 0 Å². The lowest BCUT2D eigenvalue weighted by atomic mass is 9.34. The molecular formula is C41H42BN. The van der Waals surface area contributed by atoms with Crippen LogP contribution in [-0.4, -0.2) is 6.71 Å². The Kier molecular flexibility index (Phi) is 8.88. The third kappa shape index (κ3) is 6.30. The lowest BCUT2D eigenvalue weighted by molar-refractivity contribution is 0.758. The molecule has 214 valence electrons. The second-order valence-electron chi connectivity index (χ2n) is 12.0. The van der Waals surface area contributed by atoms with Crippen molar-refractivity contribution in [2.45, 2.75) is 47.6 Å². The number of hydrogen-bond donors (Lipinski definition) is 1. The molecule has 4 aromatic rings. The van der Waals surface area contributed by atoms with Crippen molar-refractivity contribution in [2.24, 2.45) is 0 Å². The van der Waals surface area contributed by atoms with Crippen molar-refractivity contribution in [3.8, 4) is 0 Å². The van der Waals surface area contributed by atoms with E-state index < -0.39 is 0 Å². The van der Waals surface area contributed by atoms with E-state index in [1.807, 2.05) is 18.2 Å². The Morgan fingerprint density at radius 3 is 1.74 bits per heavy atom. The van der Waals surface area contributed by atoms with Gasteiger partial charge >= 0.3 is 0 Å². The van der Waals surface area contributed by atoms with Crippen LogP contribution in [0.5, 0.6) is 0 Å². The molecule has 0 spiro atoms. The molecule has 1 aliphatic rings. The molecule has 4 aromatic carbocycles. The van der Waals surface area contributed by atoms with Crippen LogP contribution in [0.3, 0.4) is 0 Å². The molecule has 1 aliphatic heterocycles. The van der Waals surface area contributed by atoms with E-state index >= 15 is 0 Å². The molecule has 0 amide bonds. The van der Waals surface area contributed by atoms with Gasteiger partial charge in [0.05, 0.1) is 6.04 Å². The topological polar surface area (TPSA) is 12.0 Å². The molecule has 0 aromatic heterocycles. The van der Waals surface area contributed by atoms with Crippen molar-refractivity contribution in [2.75, 3.05) is 0 Å². The normalized spacial score (nSPS) is 14.8. The molecule has 1 heterocycles. The van der Waals surface area contributed by atoms with Gasteiger partial charge in [0.25, 0.3) is 0 Å². The van der Waals surface area contributed by atoms with Gasteiger partial charge in [-0.05, 0) is 76.0 Å². The van der Waals surface area contributed by atoms with E-state index in [0.29, 0.717) is 0 Å². The number of nitrogens with one attached hydrogen (secondary N) is 1. The van der Waals surface area contributed by atoms with Crippen molar-refractivity contribution < 1.29 is 0 Å². The maximum atomic E-state index is 4.07. The summed E-state index contributed by atoms with van der Waals surface area (Å²) in [6.07, 6.45) is 10.2. The van der Waals surface area contributed by atoms with Crippen LogP contribution in [0.25, 0.3) is 5.70 Å². The molecule has 1 N–H and O–H groups in total. The highest BCUT2D eigenvalue weighted by Crippen LogP contribution is 2.30. The van der Waals surface area contributed by atoms with Gasteiger partial charge in [-0.1, -0.05) is 160 Å². The summed E-state index contributed by atoms with van der Waals surface area (Å²) in [6.45, 7) is 21.6. The highest BCUT2D eigenvalue weighted by Gasteiger charge is 2.28. The van der Waals surface area contributed by atoms with E-state index in [9.17, 15) is 0 Å². The zero-order chi connectivity index (χ0) is 30.7. The van der Waals surface area contributed by atoms with Crippen LogP contribution < -0.4 is 21.7 Å². The summed E-state index contributed by atoms with van der Waals surface area (Å²) in [5.41, 5.74) is 17.8. The average Bonchev–Trinajstić information content (AvgIpc) is 2.98. The van der Waals surface area contributed by atoms with E-state index in [1.54, 1.807) is 0 Å². The minimum atomic E-state index is 0.0486. The molecule has 1 unspecified atom stereocenters. The quantitative estimate of drug-likeness (QED) is 0.171. The van der Waals surface area contributed by atoms with Crippen LogP contribution in [0.4, 0.5) is 0 Å². The second kappa shape index (κ2) is 12.8. The number of benzene rings is 4. The van der Waals surface area contributed by atoms with Crippen molar-refractivity contribution in [3.05, 3.63) is 178 Å². The Morgan fingerprint density at radius 2 is 1.26 bits per heavy atom. The van der Waals surface area contributed by atoms with Gasteiger partial charge in [-0.3, -0.25) is 0 Å². The number of rotatable bonds is 8. The average molecular weight is 560 g/mol. The first-order chi connectivity index (χ1) is 20.7. The largest absolute Gasteiger partial charge is 0.374 e. The van der Waals surface area contributed by atoms with Gasteiger partial charge in [0.1, 0.15) is 0 Å². The molecular weight excluding hydrogens is 517 g/mol. The third-order valence-corrected chi connectivity index (χ3v) is 8.57. The minimum absolute atomic E-state index is 0.0486. The Labute approximate surface area is 259 Å². The molecule has 43 heavy (non-hydrogen) atoms. The lowest BCUT2D eigenvalue weighted by Gasteiger charge is -2.27. The van der Waals surface area contributed by atoms with Gasteiger partial charge in [0.2, 0.25) is 6.71 Å². The lowest BCUT2D eigenvalue weighted by Crippen LogP contribution is -2.55. The van der Waals surface area contributed by atoms with Crippen molar-refractivity contribution >= 4 is 28.8 Å². The van der Waals surface area contributed by atoms with Gasteiger partial charge in [-0.25, -0.2) is 0 Å². The van der Waals surface area contributed by atoms with Crippen LogP contribution in [0.15, 0.2) is 134 Å². The number of hydrogen-bond acceptors (Lipinski definition) is 1. The van der Waals surface area contributed by atoms with Crippen molar-refractivity contribution in [3.63, 3.8) is 0 Å². The first kappa shape index (κ1) is 29.9. The molecule has 0 saturated carbocycles. The zero-order valence-electron chi connectivity index (χ0n) is 26.5. The van der Waals surface area contributed by atoms with Crippen LogP contribution in [0, 0.1) is 41.5 Å². The molecule has 0 radical (unpaired) electrons. The predicted molar refractivity (Wildman–Crippen MR) is 189 cm³/mol. The maximum absolute atomic E-state index is 4.07. The molecule has 1 nitrogen and oxygen atoms in total. The van der Waals surface area contributed by atoms with E-state index in [2.05, 4.69) is 151 Å². The highest BCUT2D eigenvalue weighted by molar-refractivity contribution is 6.96. The Hall–Kier alpha value is -4.56. The zero-order valence-corrected chi connectivity index (χ0v) is 26.5. The Bertz CT molecular complexity index is 1660. The van der Waals surface area contributed by atoms with E-state index in [-0.39, 0.29) is 12.8 Å². The van der Waals surface area contributed by atoms with Crippen molar-refractivity contribution in [1.29, 1.82) is 0 Å². The first-order valence-electron chi connectivity index (χ1n) is 15.2. The monoisotopic (exact) mass is 559 g/mol. The number of aryl methyl sites for hydroxylation is 6. The molecule has 0 saturated heterocycles. The molecule has 0 aliphatic carbocycles. The van der Waals surface area contributed by atoms with Crippen molar-refractivity contribution in [1.82, 2.24) is 5.32 Å². The van der Waals surface area contributed by atoms with Crippen LogP contribution in [-0.2, 0) is 0 Å². The van der Waals surface area contributed by atoms with Crippen LogP contribution in [0.2, 0.25) is 0 Å². The summed E-state index contributed by atoms with van der Waals surface area (Å²) in [6, 6.07) is 29.1. The fourth-order valence-electron chi connectivity index (χ4n) is 6.86. The third-order valence-electron chi connectivity index (χ3n) is 8.57. The molecule has 1 atom stereocenters. The van der Waals surface area contributed by atoms with E-state index in [4.69, 9.17) is 0 Å². The van der Waals surface area contributed by atoms with Crippen LogP contribution >= 0.6 is 0 Å². The van der Waals surface area contributed by atoms with E-state index in [0.717, 1.165) is 22.4 Å². The summed E-state index contributed by atoms with van der Waals surface area (Å²) >= 11 is 0. The Morgan fingerprint density at radius 1 is 0.721 bits per heavy atom. The van der Waals surface area contributed by atoms with Gasteiger partial charge in [0, 0.05) is 5.70 Å². The molecule has 0 fully saturated rings. The fourth-order valence-corrected chi connectivity index (χ4v) is 6.86. The van der Waals surface area contributed by atoms with Gasteiger partial charge in [0.15, 0.2) is 0 Å². The molecule has 5 rings (SSSR count). The highest BCUT2D eigenvalue weighted by atomic mass is 14.9. The summed E-state index contributed by atoms with van der Waals surface area (Å²) in [5.74, 6) is 0. The molecule has 0 bridgehead atoms. The summed E-state index contributed by atoms with van der Waals surface area (Å²) in [4.78, 5) is 0. The second-order valence-corrected chi connectivity index (χ2v) is 12.0. The van der Waals surface area contributed by atoms with E-state index in [1.165, 1.54) is 55.3 Å². The van der Waals surface area contributed by atoms with Gasteiger partial charge in [-0.2, -0.15) is 0 Å². The SMILES string of the molecule is C=C/C=C(\C=C)C1=CC(c2ccccc2)NC(c2ccc(B(c3c(C)cc(C)cc3C)c3c(C)cc(C)cc3C)cc2)=C1. The Balaban J connectivity index is 1.62. The molecule has 2 heteroatoms. The standard InChI is InChI=1S/C41H42BN/c1-9-14-33(10-2)36-25-38(34-15-12-11-13-16-34)43-39(26-36)35-17-19-37(20-18-35)42(40-29(5)21-27(3)22-30(40)6)41-31(7)23-28(4)24-32(41)8/h9-26,38,43H,1-2H2,3-8H3/b33-14+. The summed E-state index contributed by atoms with van der Waals surface area (Å²) in [7, 11) is 0. The smallest absolute Gasteiger partial charge is 0.242 e. The number of allylic oxidation sites excluding steroid dienone is 6. The fraction of sp³-hybridized carbons (Fsp3) is 0.171. The summed E-state index contributed by atoms with van der Waals surface area (Å²) < 4.78 is 0. The maximum Gasteiger partial charge on any atom is 0.242 e. The van der Waals surface area contributed by atoms with Gasteiger partial charge < -0.3 is 5.32 Å².